The van der Waals surface area contributed by atoms with E-state index in [0.29, 0.717) is 6.04 Å². The van der Waals surface area contributed by atoms with Gasteiger partial charge in [0.1, 0.15) is 0 Å². The van der Waals surface area contributed by atoms with Gasteiger partial charge in [-0.25, -0.2) is 0 Å². The van der Waals surface area contributed by atoms with Gasteiger partial charge in [0.05, 0.1) is 0 Å². The Morgan fingerprint density at radius 3 is 2.46 bits per heavy atom. The number of nitrogens with one attached hydrogen (secondary N) is 1. The molecular formula is C10H14BrClN-. The molecule has 1 aromatic rings. The molecule has 0 saturated heterocycles. The van der Waals surface area contributed by atoms with Crippen LogP contribution in [0.25, 0.3) is 0 Å². The molecule has 1 aromatic carbocycles. The summed E-state index contributed by atoms with van der Waals surface area (Å²) in [5.74, 6) is 0. The second-order valence-electron chi connectivity index (χ2n) is 3.13. The van der Waals surface area contributed by atoms with Gasteiger partial charge in [0.25, 0.3) is 0 Å². The minimum atomic E-state index is 0. The average Bonchev–Trinajstić information content (AvgIpc) is 2.03. The molecule has 0 unspecified atom stereocenters. The van der Waals surface area contributed by atoms with E-state index >= 15 is 0 Å². The normalized spacial score (nSPS) is 9.85. The van der Waals surface area contributed by atoms with Crippen molar-refractivity contribution in [1.82, 2.24) is 5.32 Å². The van der Waals surface area contributed by atoms with E-state index in [1.807, 2.05) is 6.07 Å². The lowest BCUT2D eigenvalue weighted by Crippen LogP contribution is -3.00. The van der Waals surface area contributed by atoms with Gasteiger partial charge in [0.2, 0.25) is 0 Å². The second kappa shape index (κ2) is 6.41. The van der Waals surface area contributed by atoms with Gasteiger partial charge in [-0.05, 0) is 11.6 Å². The Kier molecular flexibility index (Phi) is 6.39. The maximum atomic E-state index is 3.51. The number of rotatable bonds is 3. The van der Waals surface area contributed by atoms with E-state index in [0.717, 1.165) is 6.54 Å². The Morgan fingerprint density at radius 1 is 1.31 bits per heavy atom. The average molecular weight is 264 g/mol. The fourth-order valence-electron chi connectivity index (χ4n) is 0.956. The molecule has 0 bridgehead atoms. The van der Waals surface area contributed by atoms with E-state index in [1.165, 1.54) is 10.0 Å². The molecular weight excluding hydrogens is 249 g/mol. The van der Waals surface area contributed by atoms with Gasteiger partial charge >= 0.3 is 0 Å². The topological polar surface area (TPSA) is 12.0 Å². The fraction of sp³-hybridized carbons (Fsp3) is 0.400. The van der Waals surface area contributed by atoms with Gasteiger partial charge < -0.3 is 17.7 Å². The van der Waals surface area contributed by atoms with Crippen molar-refractivity contribution < 1.29 is 12.4 Å². The number of hydrogen-bond donors (Lipinski definition) is 1. The van der Waals surface area contributed by atoms with Gasteiger partial charge in [-0.2, -0.15) is 0 Å². The summed E-state index contributed by atoms with van der Waals surface area (Å²) < 4.78 is 1.18. The summed E-state index contributed by atoms with van der Waals surface area (Å²) in [4.78, 5) is 0. The molecule has 0 fully saturated rings. The molecule has 0 aromatic heterocycles. The van der Waals surface area contributed by atoms with Gasteiger partial charge in [0.15, 0.2) is 0 Å². The molecule has 0 aliphatic carbocycles. The van der Waals surface area contributed by atoms with E-state index in [2.05, 4.69) is 53.3 Å². The molecule has 1 rings (SSSR count). The predicted octanol–water partition coefficient (Wildman–Crippen LogP) is -0.0489. The van der Waals surface area contributed by atoms with Gasteiger partial charge in [0, 0.05) is 17.1 Å². The largest absolute Gasteiger partial charge is 1.00 e. The molecule has 0 aliphatic rings. The highest BCUT2D eigenvalue weighted by atomic mass is 79.9. The highest BCUT2D eigenvalue weighted by molar-refractivity contribution is 9.10. The third-order valence-corrected chi connectivity index (χ3v) is 2.43. The van der Waals surface area contributed by atoms with Crippen LogP contribution in [0.4, 0.5) is 0 Å². The van der Waals surface area contributed by atoms with Crippen molar-refractivity contribution in [3.05, 3.63) is 34.3 Å². The van der Waals surface area contributed by atoms with Crippen molar-refractivity contribution in [2.45, 2.75) is 26.4 Å². The first kappa shape index (κ1) is 12.9. The molecule has 0 heterocycles. The minimum absolute atomic E-state index is 0. The molecule has 0 amide bonds. The standard InChI is InChI=1S/C10H14BrN.ClH/c1-8(2)12-7-9-5-3-4-6-10(9)11;/h3-6,8,12H,7H2,1-2H3;1H/p-1. The van der Waals surface area contributed by atoms with Crippen LogP contribution in [0.1, 0.15) is 19.4 Å². The summed E-state index contributed by atoms with van der Waals surface area (Å²) in [5.41, 5.74) is 1.31. The molecule has 74 valence electrons. The summed E-state index contributed by atoms with van der Waals surface area (Å²) in [6.45, 7) is 5.23. The van der Waals surface area contributed by atoms with Crippen LogP contribution < -0.4 is 17.7 Å². The molecule has 3 heteroatoms. The SMILES string of the molecule is CC(C)NCc1ccccc1Br.[Cl-]. The van der Waals surface area contributed by atoms with E-state index < -0.39 is 0 Å². The molecule has 13 heavy (non-hydrogen) atoms. The zero-order valence-corrected chi connectivity index (χ0v) is 10.2. The van der Waals surface area contributed by atoms with Crippen LogP contribution in [-0.2, 0) is 6.54 Å². The molecule has 1 N–H and O–H groups in total. The van der Waals surface area contributed by atoms with Gasteiger partial charge in [-0.1, -0.05) is 48.0 Å². The smallest absolute Gasteiger partial charge is 0.0220 e. The molecule has 1 nitrogen and oxygen atoms in total. The quantitative estimate of drug-likeness (QED) is 0.806. The van der Waals surface area contributed by atoms with Crippen LogP contribution in [0.2, 0.25) is 0 Å². The third kappa shape index (κ3) is 4.65. The number of benzene rings is 1. The van der Waals surface area contributed by atoms with Crippen molar-refractivity contribution in [3.63, 3.8) is 0 Å². The lowest BCUT2D eigenvalue weighted by atomic mass is 10.2. The predicted molar refractivity (Wildman–Crippen MR) is 56.1 cm³/mol. The van der Waals surface area contributed by atoms with Crippen LogP contribution in [0.3, 0.4) is 0 Å². The van der Waals surface area contributed by atoms with Crippen molar-refractivity contribution in [3.8, 4) is 0 Å². The summed E-state index contributed by atoms with van der Waals surface area (Å²) >= 11 is 3.51. The Morgan fingerprint density at radius 2 is 1.92 bits per heavy atom. The first-order valence-corrected chi connectivity index (χ1v) is 4.96. The highest BCUT2D eigenvalue weighted by Gasteiger charge is 1.98. The Labute approximate surface area is 94.5 Å². The van der Waals surface area contributed by atoms with Crippen molar-refractivity contribution in [2.24, 2.45) is 0 Å². The van der Waals surface area contributed by atoms with Crippen LogP contribution >= 0.6 is 15.9 Å². The molecule has 0 saturated carbocycles. The van der Waals surface area contributed by atoms with Gasteiger partial charge in [-0.3, -0.25) is 0 Å². The fourth-order valence-corrected chi connectivity index (χ4v) is 1.38. The molecule has 0 atom stereocenters. The number of halogens is 2. The van der Waals surface area contributed by atoms with Crippen LogP contribution in [0, 0.1) is 0 Å². The van der Waals surface area contributed by atoms with E-state index in [4.69, 9.17) is 0 Å². The van der Waals surface area contributed by atoms with Crippen LogP contribution in [0.5, 0.6) is 0 Å². The summed E-state index contributed by atoms with van der Waals surface area (Å²) in [7, 11) is 0. The van der Waals surface area contributed by atoms with E-state index in [-0.39, 0.29) is 12.4 Å². The maximum absolute atomic E-state index is 3.51. The van der Waals surface area contributed by atoms with Crippen LogP contribution in [-0.4, -0.2) is 6.04 Å². The molecule has 0 spiro atoms. The minimum Gasteiger partial charge on any atom is -1.00 e. The zero-order valence-electron chi connectivity index (χ0n) is 7.85. The monoisotopic (exact) mass is 262 g/mol. The summed E-state index contributed by atoms with van der Waals surface area (Å²) in [6, 6.07) is 8.82. The Bertz CT molecular complexity index is 250. The number of hydrogen-bond acceptors (Lipinski definition) is 1. The second-order valence-corrected chi connectivity index (χ2v) is 3.98. The Hall–Kier alpha value is -0.0500. The lowest BCUT2D eigenvalue weighted by Gasteiger charge is -2.08. The van der Waals surface area contributed by atoms with Gasteiger partial charge in [-0.15, -0.1) is 0 Å². The highest BCUT2D eigenvalue weighted by Crippen LogP contribution is 2.15. The molecule has 0 aliphatic heterocycles. The third-order valence-electron chi connectivity index (χ3n) is 1.66. The lowest BCUT2D eigenvalue weighted by molar-refractivity contribution is -0.00000262. The summed E-state index contributed by atoms with van der Waals surface area (Å²) in [5, 5.41) is 3.37. The Balaban J connectivity index is 0.00000144. The van der Waals surface area contributed by atoms with Crippen molar-refractivity contribution in [1.29, 1.82) is 0 Å². The van der Waals surface area contributed by atoms with E-state index in [9.17, 15) is 0 Å². The maximum Gasteiger partial charge on any atom is 0.0220 e. The van der Waals surface area contributed by atoms with Crippen LogP contribution in [0.15, 0.2) is 28.7 Å². The molecule has 0 radical (unpaired) electrons. The zero-order chi connectivity index (χ0) is 8.97. The first-order valence-electron chi connectivity index (χ1n) is 4.17. The van der Waals surface area contributed by atoms with E-state index in [1.54, 1.807) is 0 Å². The van der Waals surface area contributed by atoms with Crippen molar-refractivity contribution in [2.75, 3.05) is 0 Å². The summed E-state index contributed by atoms with van der Waals surface area (Å²) in [6.07, 6.45) is 0. The van der Waals surface area contributed by atoms with Crippen molar-refractivity contribution >= 4 is 15.9 Å². The first-order chi connectivity index (χ1) is 5.70.